The van der Waals surface area contributed by atoms with Gasteiger partial charge in [-0.1, -0.05) is 60.1 Å². The van der Waals surface area contributed by atoms with Crippen molar-refractivity contribution in [3.05, 3.63) is 162 Å². The van der Waals surface area contributed by atoms with Crippen LogP contribution in [0.1, 0.15) is 11.3 Å². The first-order chi connectivity index (χ1) is 28.2. The van der Waals surface area contributed by atoms with Gasteiger partial charge in [0.2, 0.25) is 0 Å². The lowest BCUT2D eigenvalue weighted by Gasteiger charge is -2.12. The summed E-state index contributed by atoms with van der Waals surface area (Å²) in [6.45, 7) is 1.42. The average molecular weight is 881 g/mol. The molecule has 0 amide bonds. The van der Waals surface area contributed by atoms with Crippen molar-refractivity contribution in [2.24, 2.45) is 0 Å². The molecule has 0 saturated carbocycles. The van der Waals surface area contributed by atoms with Crippen molar-refractivity contribution in [2.45, 2.75) is 22.9 Å². The quantitative estimate of drug-likeness (QED) is 0.0638. The first kappa shape index (κ1) is 44.6. The van der Waals surface area contributed by atoms with Crippen LogP contribution in [0.3, 0.4) is 0 Å². The molecule has 13 nitrogen and oxygen atoms in total. The van der Waals surface area contributed by atoms with Crippen LogP contribution >= 0.6 is 11.6 Å². The summed E-state index contributed by atoms with van der Waals surface area (Å²) in [6.07, 6.45) is 3.19. The zero-order chi connectivity index (χ0) is 42.4. The molecule has 0 radical (unpaired) electrons. The predicted molar refractivity (Wildman–Crippen MR) is 226 cm³/mol. The number of halogens is 2. The van der Waals surface area contributed by atoms with Gasteiger partial charge in [0, 0.05) is 46.0 Å². The minimum absolute atomic E-state index is 0.0741. The minimum Gasteiger partial charge on any atom is -0.487 e. The highest BCUT2D eigenvalue weighted by Gasteiger charge is 2.12. The van der Waals surface area contributed by atoms with Gasteiger partial charge >= 0.3 is 0 Å². The Morgan fingerprint density at radius 1 is 0.797 bits per heavy atom. The molecular weight excluding hydrogens is 843 g/mol. The fourth-order valence-electron chi connectivity index (χ4n) is 5.17. The largest absolute Gasteiger partial charge is 0.487 e. The molecule has 4 N–H and O–H groups in total. The highest BCUT2D eigenvalue weighted by molar-refractivity contribution is 7.86. The minimum atomic E-state index is -4.00. The Kier molecular flexibility index (Phi) is 15.8. The smallest absolute Gasteiger partial charge is 0.294 e. The van der Waals surface area contributed by atoms with Gasteiger partial charge in [0.05, 0.1) is 26.9 Å². The van der Waals surface area contributed by atoms with Crippen LogP contribution in [0.25, 0.3) is 22.2 Å². The summed E-state index contributed by atoms with van der Waals surface area (Å²) in [7, 11) is -8.83. The first-order valence-electron chi connectivity index (χ1n) is 17.5. The van der Waals surface area contributed by atoms with E-state index in [2.05, 4.69) is 20.6 Å². The summed E-state index contributed by atoms with van der Waals surface area (Å²) in [5.74, 6) is 2.92. The Morgan fingerprint density at radius 2 is 1.47 bits per heavy atom. The molecule has 1 atom stereocenters. The van der Waals surface area contributed by atoms with E-state index in [-0.39, 0.29) is 22.2 Å². The van der Waals surface area contributed by atoms with Crippen LogP contribution in [-0.2, 0) is 44.2 Å². The van der Waals surface area contributed by atoms with Crippen molar-refractivity contribution < 1.29 is 43.7 Å². The van der Waals surface area contributed by atoms with Crippen LogP contribution in [0.15, 0.2) is 154 Å². The van der Waals surface area contributed by atoms with Crippen molar-refractivity contribution >= 4 is 65.0 Å². The van der Waals surface area contributed by atoms with E-state index in [1.807, 2.05) is 36.4 Å². The topological polar surface area (TPSA) is 198 Å². The zero-order valence-corrected chi connectivity index (χ0v) is 34.4. The van der Waals surface area contributed by atoms with E-state index in [1.165, 1.54) is 42.7 Å². The summed E-state index contributed by atoms with van der Waals surface area (Å²) < 4.78 is 94.9. The van der Waals surface area contributed by atoms with Crippen molar-refractivity contribution in [3.8, 4) is 17.1 Å². The number of hydrogen-bond donors (Lipinski definition) is 4. The van der Waals surface area contributed by atoms with Gasteiger partial charge in [0.1, 0.15) is 41.8 Å². The second-order valence-corrected chi connectivity index (χ2v) is 17.2. The first-order valence-corrected chi connectivity index (χ1v) is 22.5. The number of furan rings is 1. The summed E-state index contributed by atoms with van der Waals surface area (Å²) in [4.78, 5) is 8.69. The van der Waals surface area contributed by atoms with E-state index in [1.54, 1.807) is 66.9 Å². The van der Waals surface area contributed by atoms with Crippen LogP contribution in [0.5, 0.6) is 5.75 Å². The van der Waals surface area contributed by atoms with E-state index < -0.39 is 31.0 Å². The molecule has 2 heterocycles. The standard InChI is InChI=1S/C29H26ClFN4O3S.2C6H6O3S/c1-39(36)12-11-32-16-23-7-10-27(38-23)20-5-8-26-24(14-20)29(34-18-33-26)35-22-6-9-28(25(30)15-22)37-17-19-3-2-4-21(31)13-19;2*7-10(8,9)6-4-2-1-3-5-6/h2-10,13-15,18,32H,11-12,16-17H2,1H3,(H,33,34,35);2*1-5H,(H,7,8,9). The van der Waals surface area contributed by atoms with Crippen LogP contribution in [0, 0.1) is 5.82 Å². The Labute approximate surface area is 348 Å². The number of benzene rings is 5. The number of anilines is 2. The molecule has 0 bridgehead atoms. The van der Waals surface area contributed by atoms with Gasteiger partial charge in [-0.15, -0.1) is 0 Å². The summed E-state index contributed by atoms with van der Waals surface area (Å²) in [6, 6.07) is 36.1. The lowest BCUT2D eigenvalue weighted by atomic mass is 10.1. The second-order valence-electron chi connectivity index (χ2n) is 12.4. The number of rotatable bonds is 13. The van der Waals surface area contributed by atoms with E-state index in [9.17, 15) is 25.4 Å². The molecule has 59 heavy (non-hydrogen) atoms. The zero-order valence-electron chi connectivity index (χ0n) is 31.2. The van der Waals surface area contributed by atoms with E-state index in [0.717, 1.165) is 33.7 Å². The van der Waals surface area contributed by atoms with Crippen molar-refractivity contribution in [1.82, 2.24) is 15.3 Å². The molecule has 0 spiro atoms. The fourth-order valence-corrected chi connectivity index (χ4v) is 6.84. The molecular formula is C41H38ClFN4O9S3. The van der Waals surface area contributed by atoms with Gasteiger partial charge in [-0.25, -0.2) is 14.4 Å². The van der Waals surface area contributed by atoms with Gasteiger partial charge in [0.15, 0.2) is 0 Å². The second kappa shape index (κ2) is 20.9. The third-order valence-corrected chi connectivity index (χ3v) is 10.8. The lowest BCUT2D eigenvalue weighted by Crippen LogP contribution is -2.19. The Morgan fingerprint density at radius 3 is 2.07 bits per heavy atom. The summed E-state index contributed by atoms with van der Waals surface area (Å²) >= 11 is 6.48. The van der Waals surface area contributed by atoms with E-state index in [4.69, 9.17) is 29.9 Å². The summed E-state index contributed by atoms with van der Waals surface area (Å²) in [5.41, 5.74) is 3.10. The molecule has 0 aliphatic carbocycles. The van der Waals surface area contributed by atoms with Crippen LogP contribution in [0.2, 0.25) is 5.02 Å². The molecule has 308 valence electrons. The molecule has 7 rings (SSSR count). The highest BCUT2D eigenvalue weighted by atomic mass is 35.5. The molecule has 7 aromatic rings. The number of nitrogens with zero attached hydrogens (tertiary/aromatic N) is 2. The van der Waals surface area contributed by atoms with Crippen LogP contribution in [0.4, 0.5) is 15.9 Å². The predicted octanol–water partition coefficient (Wildman–Crippen LogP) is 8.34. The van der Waals surface area contributed by atoms with Gasteiger partial charge in [-0.3, -0.25) is 13.3 Å². The number of aromatic nitrogens is 2. The number of ether oxygens (including phenoxy) is 1. The Bertz CT molecular complexity index is 2660. The van der Waals surface area contributed by atoms with E-state index in [0.29, 0.717) is 41.0 Å². The molecule has 1 unspecified atom stereocenters. The third kappa shape index (κ3) is 14.1. The number of nitrogens with one attached hydrogen (secondary N) is 2. The summed E-state index contributed by atoms with van der Waals surface area (Å²) in [5, 5.41) is 7.79. The monoisotopic (exact) mass is 880 g/mol. The maximum Gasteiger partial charge on any atom is 0.294 e. The molecule has 5 aromatic carbocycles. The van der Waals surface area contributed by atoms with E-state index >= 15 is 0 Å². The maximum atomic E-state index is 13.4. The Hall–Kier alpha value is -5.53. The number of hydrogen-bond acceptors (Lipinski definition) is 11. The normalized spacial score (nSPS) is 11.7. The van der Waals surface area contributed by atoms with Gasteiger partial charge in [0.25, 0.3) is 20.2 Å². The van der Waals surface area contributed by atoms with Gasteiger partial charge in [-0.05, 0) is 90.5 Å². The SMILES string of the molecule is CS(=O)CCNCc1ccc(-c2ccc3ncnc(Nc4ccc(OCc5cccc(F)c5)c(Cl)c4)c3c2)o1.O=S(=O)(O)c1ccccc1.O=S(=O)(O)c1ccccc1. The lowest BCUT2D eigenvalue weighted by molar-refractivity contribution is 0.306. The molecule has 0 aliphatic heterocycles. The van der Waals surface area contributed by atoms with Gasteiger partial charge < -0.3 is 19.8 Å². The fraction of sp³-hybridized carbons (Fsp3) is 0.122. The molecule has 18 heteroatoms. The maximum absolute atomic E-state index is 13.4. The van der Waals surface area contributed by atoms with Gasteiger partial charge in [-0.2, -0.15) is 16.8 Å². The van der Waals surface area contributed by atoms with Crippen molar-refractivity contribution in [3.63, 3.8) is 0 Å². The van der Waals surface area contributed by atoms with Crippen LogP contribution < -0.4 is 15.4 Å². The Balaban J connectivity index is 0.000000269. The molecule has 2 aromatic heterocycles. The third-order valence-electron chi connectivity index (χ3n) is 8.01. The molecule has 0 fully saturated rings. The highest BCUT2D eigenvalue weighted by Crippen LogP contribution is 2.33. The van der Waals surface area contributed by atoms with Crippen molar-refractivity contribution in [2.75, 3.05) is 23.9 Å². The molecule has 0 saturated heterocycles. The number of fused-ring (bicyclic) bond motifs is 1. The molecule has 0 aliphatic rings. The van der Waals surface area contributed by atoms with Crippen molar-refractivity contribution in [1.29, 1.82) is 0 Å². The average Bonchev–Trinajstić information content (AvgIpc) is 3.69. The van der Waals surface area contributed by atoms with Crippen LogP contribution in [-0.4, -0.2) is 58.7 Å².